The summed E-state index contributed by atoms with van der Waals surface area (Å²) in [7, 11) is 0. The summed E-state index contributed by atoms with van der Waals surface area (Å²) < 4.78 is 0.835. The van der Waals surface area contributed by atoms with Gasteiger partial charge < -0.3 is 15.7 Å². The SMILES string of the molecule is CC[C@@H](C)[C@@H](NC(=O)Nc1cccc(Br)c1)C(=O)O. The summed E-state index contributed by atoms with van der Waals surface area (Å²) >= 11 is 3.29. The summed E-state index contributed by atoms with van der Waals surface area (Å²) in [4.78, 5) is 22.9. The third kappa shape index (κ3) is 4.90. The number of aliphatic carboxylic acids is 1. The van der Waals surface area contributed by atoms with Crippen LogP contribution in [0.25, 0.3) is 0 Å². The van der Waals surface area contributed by atoms with Gasteiger partial charge in [0.15, 0.2) is 0 Å². The highest BCUT2D eigenvalue weighted by molar-refractivity contribution is 9.10. The van der Waals surface area contributed by atoms with E-state index in [0.717, 1.165) is 4.47 Å². The van der Waals surface area contributed by atoms with Crippen LogP contribution in [0, 0.1) is 5.92 Å². The molecule has 1 rings (SSSR count). The molecule has 104 valence electrons. The first kappa shape index (κ1) is 15.5. The van der Waals surface area contributed by atoms with Crippen molar-refractivity contribution in [2.45, 2.75) is 26.3 Å². The lowest BCUT2D eigenvalue weighted by molar-refractivity contribution is -0.140. The van der Waals surface area contributed by atoms with Gasteiger partial charge in [-0.2, -0.15) is 0 Å². The number of benzene rings is 1. The Balaban J connectivity index is 2.65. The molecule has 0 radical (unpaired) electrons. The van der Waals surface area contributed by atoms with Crippen LogP contribution in [0.15, 0.2) is 28.7 Å². The second-order valence-corrected chi connectivity index (χ2v) is 5.23. The Morgan fingerprint density at radius 1 is 1.42 bits per heavy atom. The summed E-state index contributed by atoms with van der Waals surface area (Å²) in [5, 5.41) is 14.2. The summed E-state index contributed by atoms with van der Waals surface area (Å²) in [6.07, 6.45) is 0.675. The smallest absolute Gasteiger partial charge is 0.326 e. The summed E-state index contributed by atoms with van der Waals surface area (Å²) in [5.74, 6) is -1.16. The first-order chi connectivity index (χ1) is 8.93. The van der Waals surface area contributed by atoms with Crippen LogP contribution < -0.4 is 10.6 Å². The molecule has 0 saturated heterocycles. The van der Waals surface area contributed by atoms with Crippen molar-refractivity contribution in [3.05, 3.63) is 28.7 Å². The minimum Gasteiger partial charge on any atom is -0.480 e. The highest BCUT2D eigenvalue weighted by Gasteiger charge is 2.25. The fourth-order valence-electron chi connectivity index (χ4n) is 1.56. The molecular weight excluding hydrogens is 312 g/mol. The first-order valence-electron chi connectivity index (χ1n) is 6.00. The molecule has 1 aromatic carbocycles. The molecular formula is C13H17BrN2O3. The number of amides is 2. The maximum atomic E-state index is 11.8. The lowest BCUT2D eigenvalue weighted by atomic mass is 9.99. The van der Waals surface area contributed by atoms with E-state index in [4.69, 9.17) is 5.11 Å². The number of rotatable bonds is 5. The van der Waals surface area contributed by atoms with Gasteiger partial charge in [0, 0.05) is 10.2 Å². The number of hydrogen-bond donors (Lipinski definition) is 3. The molecule has 0 aliphatic heterocycles. The third-order valence-corrected chi connectivity index (χ3v) is 3.34. The molecule has 0 bridgehead atoms. The van der Waals surface area contributed by atoms with Crippen LogP contribution in [0.1, 0.15) is 20.3 Å². The van der Waals surface area contributed by atoms with E-state index in [1.54, 1.807) is 25.1 Å². The fourth-order valence-corrected chi connectivity index (χ4v) is 1.96. The molecule has 5 nitrogen and oxygen atoms in total. The van der Waals surface area contributed by atoms with Gasteiger partial charge in [0.2, 0.25) is 0 Å². The Hall–Kier alpha value is -1.56. The van der Waals surface area contributed by atoms with Crippen LogP contribution in [-0.2, 0) is 4.79 Å². The Morgan fingerprint density at radius 3 is 2.63 bits per heavy atom. The Bertz CT molecular complexity index is 465. The monoisotopic (exact) mass is 328 g/mol. The Labute approximate surface area is 120 Å². The van der Waals surface area contributed by atoms with Crippen LogP contribution >= 0.6 is 15.9 Å². The number of carboxylic acids is 1. The van der Waals surface area contributed by atoms with Gasteiger partial charge in [-0.25, -0.2) is 9.59 Å². The molecule has 19 heavy (non-hydrogen) atoms. The molecule has 2 amide bonds. The van der Waals surface area contributed by atoms with E-state index in [1.165, 1.54) is 0 Å². The van der Waals surface area contributed by atoms with Crippen molar-refractivity contribution in [3.63, 3.8) is 0 Å². The van der Waals surface area contributed by atoms with Crippen molar-refractivity contribution in [2.75, 3.05) is 5.32 Å². The van der Waals surface area contributed by atoms with Crippen molar-refractivity contribution < 1.29 is 14.7 Å². The molecule has 0 saturated carbocycles. The zero-order valence-electron chi connectivity index (χ0n) is 10.8. The minimum atomic E-state index is -1.03. The van der Waals surface area contributed by atoms with Gasteiger partial charge in [0.05, 0.1) is 0 Å². The van der Waals surface area contributed by atoms with Crippen molar-refractivity contribution >= 4 is 33.6 Å². The van der Waals surface area contributed by atoms with Gasteiger partial charge in [0.25, 0.3) is 0 Å². The molecule has 0 fully saturated rings. The molecule has 0 heterocycles. The number of urea groups is 1. The van der Waals surface area contributed by atoms with Crippen LogP contribution in [0.4, 0.5) is 10.5 Å². The second kappa shape index (κ2) is 7.13. The average Bonchev–Trinajstić information content (AvgIpc) is 2.34. The van der Waals surface area contributed by atoms with Gasteiger partial charge in [-0.15, -0.1) is 0 Å². The molecule has 6 heteroatoms. The van der Waals surface area contributed by atoms with E-state index in [-0.39, 0.29) is 5.92 Å². The van der Waals surface area contributed by atoms with Gasteiger partial charge >= 0.3 is 12.0 Å². The third-order valence-electron chi connectivity index (χ3n) is 2.85. The molecule has 0 unspecified atom stereocenters. The molecule has 3 N–H and O–H groups in total. The summed E-state index contributed by atoms with van der Waals surface area (Å²) in [5.41, 5.74) is 0.597. The van der Waals surface area contributed by atoms with Gasteiger partial charge in [-0.1, -0.05) is 42.3 Å². The zero-order valence-corrected chi connectivity index (χ0v) is 12.4. The number of nitrogens with one attached hydrogen (secondary N) is 2. The van der Waals surface area contributed by atoms with Crippen molar-refractivity contribution in [2.24, 2.45) is 5.92 Å². The minimum absolute atomic E-state index is 0.134. The normalized spacial score (nSPS) is 13.4. The molecule has 0 aliphatic carbocycles. The number of hydrogen-bond acceptors (Lipinski definition) is 2. The molecule has 1 aromatic rings. The number of halogens is 1. The highest BCUT2D eigenvalue weighted by Crippen LogP contribution is 2.15. The molecule has 0 aliphatic rings. The second-order valence-electron chi connectivity index (χ2n) is 4.31. The summed E-state index contributed by atoms with van der Waals surface area (Å²) in [6.45, 7) is 3.67. The number of anilines is 1. The number of carbonyl (C=O) groups is 2. The van der Waals surface area contributed by atoms with E-state index >= 15 is 0 Å². The van der Waals surface area contributed by atoms with Gasteiger partial charge in [-0.3, -0.25) is 0 Å². The predicted molar refractivity (Wildman–Crippen MR) is 77.2 cm³/mol. The maximum absolute atomic E-state index is 11.8. The van der Waals surface area contributed by atoms with Gasteiger partial charge in [-0.05, 0) is 24.1 Å². The van der Waals surface area contributed by atoms with Crippen molar-refractivity contribution in [1.82, 2.24) is 5.32 Å². The van der Waals surface area contributed by atoms with Crippen LogP contribution in [0.2, 0.25) is 0 Å². The van der Waals surface area contributed by atoms with Crippen LogP contribution in [-0.4, -0.2) is 23.1 Å². The van der Waals surface area contributed by atoms with E-state index in [1.807, 2.05) is 13.0 Å². The van der Waals surface area contributed by atoms with Crippen LogP contribution in [0.3, 0.4) is 0 Å². The number of carboxylic acid groups (broad SMARTS) is 1. The molecule has 0 spiro atoms. The maximum Gasteiger partial charge on any atom is 0.326 e. The van der Waals surface area contributed by atoms with E-state index in [0.29, 0.717) is 12.1 Å². The topological polar surface area (TPSA) is 78.4 Å². The van der Waals surface area contributed by atoms with E-state index < -0.39 is 18.0 Å². The average molecular weight is 329 g/mol. The van der Waals surface area contributed by atoms with E-state index in [9.17, 15) is 9.59 Å². The van der Waals surface area contributed by atoms with Crippen LogP contribution in [0.5, 0.6) is 0 Å². The number of carbonyl (C=O) groups excluding carboxylic acids is 1. The van der Waals surface area contributed by atoms with Crippen molar-refractivity contribution in [3.8, 4) is 0 Å². The molecule has 0 aromatic heterocycles. The van der Waals surface area contributed by atoms with Gasteiger partial charge in [0.1, 0.15) is 6.04 Å². The Kier molecular flexibility index (Phi) is 5.82. The highest BCUT2D eigenvalue weighted by atomic mass is 79.9. The van der Waals surface area contributed by atoms with Crippen molar-refractivity contribution in [1.29, 1.82) is 0 Å². The zero-order chi connectivity index (χ0) is 14.4. The first-order valence-corrected chi connectivity index (χ1v) is 6.79. The fraction of sp³-hybridized carbons (Fsp3) is 0.385. The molecule has 2 atom stereocenters. The van der Waals surface area contributed by atoms with E-state index in [2.05, 4.69) is 26.6 Å². The standard InChI is InChI=1S/C13H17BrN2O3/c1-3-8(2)11(12(17)18)16-13(19)15-10-6-4-5-9(14)7-10/h4-8,11H,3H2,1-2H3,(H,17,18)(H2,15,16,19)/t8-,11-/m1/s1. The predicted octanol–water partition coefficient (Wildman–Crippen LogP) is 3.07. The quantitative estimate of drug-likeness (QED) is 0.777. The largest absolute Gasteiger partial charge is 0.480 e. The summed E-state index contributed by atoms with van der Waals surface area (Å²) in [6, 6.07) is 5.66. The Morgan fingerprint density at radius 2 is 2.11 bits per heavy atom. The lowest BCUT2D eigenvalue weighted by Crippen LogP contribution is -2.46. The lowest BCUT2D eigenvalue weighted by Gasteiger charge is -2.20.